The van der Waals surface area contributed by atoms with E-state index in [1.807, 2.05) is 48.5 Å². The van der Waals surface area contributed by atoms with Crippen molar-refractivity contribution in [3.8, 4) is 11.5 Å². The van der Waals surface area contributed by atoms with Crippen molar-refractivity contribution in [2.45, 2.75) is 6.54 Å². The highest BCUT2D eigenvalue weighted by molar-refractivity contribution is 7.41. The lowest BCUT2D eigenvalue weighted by Gasteiger charge is -2.29. The monoisotopic (exact) mass is 368 g/mol. The van der Waals surface area contributed by atoms with Crippen LogP contribution in [0.4, 0.5) is 5.69 Å². The first-order valence-corrected chi connectivity index (χ1v) is 9.53. The first-order valence-electron chi connectivity index (χ1n) is 8.40. The fourth-order valence-electron chi connectivity index (χ4n) is 2.72. The van der Waals surface area contributed by atoms with Gasteiger partial charge in [0.2, 0.25) is 0 Å². The summed E-state index contributed by atoms with van der Waals surface area (Å²) in [6, 6.07) is 27.3. The number of hydrogen-bond donors (Lipinski definition) is 1. The van der Waals surface area contributed by atoms with Gasteiger partial charge in [-0.1, -0.05) is 48.5 Å². The van der Waals surface area contributed by atoms with Crippen molar-refractivity contribution in [3.05, 3.63) is 90.5 Å². The largest absolute Gasteiger partial charge is 0.460 e. The summed E-state index contributed by atoms with van der Waals surface area (Å²) in [6.07, 6.45) is 0. The highest BCUT2D eigenvalue weighted by Crippen LogP contribution is 2.37. The Morgan fingerprint density at radius 3 is 1.81 bits per heavy atom. The van der Waals surface area contributed by atoms with Crippen LogP contribution in [-0.2, 0) is 6.54 Å². The molecule has 0 heterocycles. The van der Waals surface area contributed by atoms with Gasteiger partial charge in [-0.3, -0.25) is 4.48 Å². The minimum Gasteiger partial charge on any atom is -0.418 e. The standard InChI is InChI=1S/C21H23NO3P/c1-22(2,17-18-9-5-3-6-10-18)19-13-15-21(16-14-19)25-26(23)24-20-11-7-4-8-12-20/h3-16,23H,17H2,1-2H3/q+1. The molecule has 5 heteroatoms. The molecule has 0 aliphatic carbocycles. The van der Waals surface area contributed by atoms with Crippen molar-refractivity contribution in [1.29, 1.82) is 0 Å². The first kappa shape index (κ1) is 18.4. The van der Waals surface area contributed by atoms with E-state index in [1.54, 1.807) is 12.1 Å². The summed E-state index contributed by atoms with van der Waals surface area (Å²) in [5.74, 6) is 1.16. The molecule has 0 aliphatic rings. The summed E-state index contributed by atoms with van der Waals surface area (Å²) in [5, 5.41) is 0. The van der Waals surface area contributed by atoms with Gasteiger partial charge in [0.05, 0.1) is 14.1 Å². The Morgan fingerprint density at radius 1 is 0.731 bits per heavy atom. The second-order valence-corrected chi connectivity index (χ2v) is 7.40. The van der Waals surface area contributed by atoms with E-state index in [0.29, 0.717) is 11.5 Å². The highest BCUT2D eigenvalue weighted by atomic mass is 31.2. The SMILES string of the molecule is C[N+](C)(Cc1ccccc1)c1ccc(OP(O)Oc2ccccc2)cc1. The number of quaternary nitrogens is 1. The van der Waals surface area contributed by atoms with E-state index in [1.165, 1.54) is 5.56 Å². The van der Waals surface area contributed by atoms with Gasteiger partial charge in [-0.05, 0) is 24.3 Å². The Balaban J connectivity index is 1.62. The maximum Gasteiger partial charge on any atom is 0.460 e. The lowest BCUT2D eigenvalue weighted by atomic mass is 10.1. The Labute approximate surface area is 155 Å². The van der Waals surface area contributed by atoms with Gasteiger partial charge >= 0.3 is 8.60 Å². The predicted octanol–water partition coefficient (Wildman–Crippen LogP) is 5.13. The van der Waals surface area contributed by atoms with Gasteiger partial charge in [-0.25, -0.2) is 0 Å². The fraction of sp³-hybridized carbons (Fsp3) is 0.143. The third-order valence-electron chi connectivity index (χ3n) is 4.07. The van der Waals surface area contributed by atoms with Crippen molar-refractivity contribution in [1.82, 2.24) is 4.48 Å². The molecule has 1 N–H and O–H groups in total. The van der Waals surface area contributed by atoms with Crippen LogP contribution in [-0.4, -0.2) is 19.0 Å². The minimum absolute atomic E-state index is 0.581. The molecule has 0 saturated carbocycles. The summed E-state index contributed by atoms with van der Waals surface area (Å²) < 4.78 is 11.6. The van der Waals surface area contributed by atoms with Crippen LogP contribution in [0.5, 0.6) is 11.5 Å². The maximum atomic E-state index is 10.00. The lowest BCUT2D eigenvalue weighted by Crippen LogP contribution is -2.39. The zero-order valence-corrected chi connectivity index (χ0v) is 15.8. The van der Waals surface area contributed by atoms with Crippen molar-refractivity contribution in [2.24, 2.45) is 0 Å². The third kappa shape index (κ3) is 5.06. The molecule has 1 unspecified atom stereocenters. The van der Waals surface area contributed by atoms with Gasteiger partial charge in [0.1, 0.15) is 23.7 Å². The summed E-state index contributed by atoms with van der Waals surface area (Å²) in [4.78, 5) is 10.00. The summed E-state index contributed by atoms with van der Waals surface area (Å²) in [6.45, 7) is 0.894. The molecule has 1 atom stereocenters. The van der Waals surface area contributed by atoms with Crippen LogP contribution in [0.25, 0.3) is 0 Å². The molecular formula is C21H23NO3P+. The summed E-state index contributed by atoms with van der Waals surface area (Å²) >= 11 is 0. The predicted molar refractivity (Wildman–Crippen MR) is 107 cm³/mol. The number of nitrogens with zero attached hydrogens (tertiary/aromatic N) is 1. The number of rotatable bonds is 7. The van der Waals surface area contributed by atoms with Gasteiger partial charge in [0.15, 0.2) is 0 Å². The number of para-hydroxylation sites is 1. The number of hydrogen-bond acceptors (Lipinski definition) is 3. The molecule has 0 saturated heterocycles. The molecule has 0 aromatic heterocycles. The fourth-order valence-corrected chi connectivity index (χ4v) is 3.36. The van der Waals surface area contributed by atoms with Gasteiger partial charge < -0.3 is 13.9 Å². The van der Waals surface area contributed by atoms with Crippen molar-refractivity contribution in [3.63, 3.8) is 0 Å². The Morgan fingerprint density at radius 2 is 1.23 bits per heavy atom. The molecule has 26 heavy (non-hydrogen) atoms. The molecule has 4 nitrogen and oxygen atoms in total. The Bertz CT molecular complexity index is 808. The van der Waals surface area contributed by atoms with Crippen LogP contribution < -0.4 is 13.5 Å². The normalized spacial score (nSPS) is 12.4. The zero-order chi connectivity index (χ0) is 18.4. The van der Waals surface area contributed by atoms with Gasteiger partial charge in [-0.15, -0.1) is 0 Å². The third-order valence-corrected chi connectivity index (χ3v) is 4.80. The Hall–Kier alpha value is -2.39. The van der Waals surface area contributed by atoms with Crippen LogP contribution in [0.1, 0.15) is 5.56 Å². The Kier molecular flexibility index (Phi) is 5.89. The second kappa shape index (κ2) is 8.33. The molecule has 0 radical (unpaired) electrons. The van der Waals surface area contributed by atoms with E-state index in [9.17, 15) is 4.89 Å². The van der Waals surface area contributed by atoms with Crippen molar-refractivity contribution < 1.29 is 13.9 Å². The second-order valence-electron chi connectivity index (χ2n) is 6.56. The molecule has 0 aliphatic heterocycles. The lowest BCUT2D eigenvalue weighted by molar-refractivity contribution is 0.380. The molecular weight excluding hydrogens is 345 g/mol. The molecule has 3 rings (SSSR count). The number of benzene rings is 3. The van der Waals surface area contributed by atoms with Crippen molar-refractivity contribution in [2.75, 3.05) is 14.1 Å². The molecule has 134 valence electrons. The topological polar surface area (TPSA) is 38.7 Å². The molecule has 3 aromatic rings. The average Bonchev–Trinajstić information content (AvgIpc) is 2.63. The zero-order valence-electron chi connectivity index (χ0n) is 14.9. The van der Waals surface area contributed by atoms with Crippen LogP contribution in [0, 0.1) is 0 Å². The van der Waals surface area contributed by atoms with Gasteiger partial charge in [0.25, 0.3) is 0 Å². The van der Waals surface area contributed by atoms with E-state index < -0.39 is 8.60 Å². The van der Waals surface area contributed by atoms with E-state index >= 15 is 0 Å². The van der Waals surface area contributed by atoms with E-state index in [4.69, 9.17) is 9.05 Å². The quantitative estimate of drug-likeness (QED) is 0.464. The van der Waals surface area contributed by atoms with Crippen LogP contribution in [0.15, 0.2) is 84.9 Å². The average molecular weight is 368 g/mol. The van der Waals surface area contributed by atoms with Crippen LogP contribution in [0.3, 0.4) is 0 Å². The van der Waals surface area contributed by atoms with Crippen LogP contribution in [0.2, 0.25) is 0 Å². The van der Waals surface area contributed by atoms with Crippen LogP contribution >= 0.6 is 8.60 Å². The molecule has 0 spiro atoms. The van der Waals surface area contributed by atoms with E-state index in [2.05, 4.69) is 38.4 Å². The maximum absolute atomic E-state index is 10.00. The van der Waals surface area contributed by atoms with Gasteiger partial charge in [-0.2, -0.15) is 0 Å². The van der Waals surface area contributed by atoms with E-state index in [0.717, 1.165) is 16.7 Å². The molecule has 0 fully saturated rings. The first-order chi connectivity index (χ1) is 12.5. The van der Waals surface area contributed by atoms with Gasteiger partial charge in [0, 0.05) is 17.7 Å². The van der Waals surface area contributed by atoms with Crippen molar-refractivity contribution >= 4 is 14.3 Å². The molecule has 3 aromatic carbocycles. The van der Waals surface area contributed by atoms with E-state index in [-0.39, 0.29) is 0 Å². The molecule has 0 amide bonds. The summed E-state index contributed by atoms with van der Waals surface area (Å²) in [5.41, 5.74) is 2.44. The minimum atomic E-state index is -2.02. The molecule has 0 bridgehead atoms. The summed E-state index contributed by atoms with van der Waals surface area (Å²) in [7, 11) is 2.32. The smallest absolute Gasteiger partial charge is 0.418 e. The highest BCUT2D eigenvalue weighted by Gasteiger charge is 2.20.